The van der Waals surface area contributed by atoms with Crippen LogP contribution in [-0.4, -0.2) is 31.6 Å². The highest BCUT2D eigenvalue weighted by Crippen LogP contribution is 2.29. The zero-order valence-corrected chi connectivity index (χ0v) is 14.2. The number of pyridine rings is 1. The number of benzene rings is 1. The van der Waals surface area contributed by atoms with E-state index >= 15 is 0 Å². The van der Waals surface area contributed by atoms with Gasteiger partial charge >= 0.3 is 0 Å². The van der Waals surface area contributed by atoms with Crippen molar-refractivity contribution in [3.63, 3.8) is 0 Å². The summed E-state index contributed by atoms with van der Waals surface area (Å²) in [5.41, 5.74) is 2.87. The number of ether oxygens (including phenoxy) is 2. The predicted octanol–water partition coefficient (Wildman–Crippen LogP) is 2.81. The molecule has 0 saturated carbocycles. The Hall–Kier alpha value is -3.48. The first-order valence-corrected chi connectivity index (χ1v) is 8.13. The molecule has 0 bridgehead atoms. The molecule has 2 aromatic rings. The third-order valence-corrected chi connectivity index (χ3v) is 4.01. The van der Waals surface area contributed by atoms with Gasteiger partial charge in [0.05, 0.1) is 26.2 Å². The van der Waals surface area contributed by atoms with E-state index in [4.69, 9.17) is 9.47 Å². The number of hydrogen-bond acceptors (Lipinski definition) is 6. The molecule has 2 aliphatic rings. The Balaban J connectivity index is 1.57. The third-order valence-electron chi connectivity index (χ3n) is 4.01. The minimum atomic E-state index is 0.445. The summed E-state index contributed by atoms with van der Waals surface area (Å²) >= 11 is 0. The van der Waals surface area contributed by atoms with Gasteiger partial charge < -0.3 is 14.0 Å². The summed E-state index contributed by atoms with van der Waals surface area (Å²) in [7, 11) is 1.63. The van der Waals surface area contributed by atoms with Crippen LogP contribution in [0.15, 0.2) is 61.6 Å². The van der Waals surface area contributed by atoms with E-state index in [1.807, 2.05) is 34.9 Å². The molecule has 0 saturated heterocycles. The predicted molar refractivity (Wildman–Crippen MR) is 95.1 cm³/mol. The van der Waals surface area contributed by atoms with Crippen molar-refractivity contribution in [2.24, 2.45) is 0 Å². The van der Waals surface area contributed by atoms with Gasteiger partial charge in [-0.3, -0.25) is 4.98 Å². The zero-order valence-electron chi connectivity index (χ0n) is 14.2. The fourth-order valence-electron chi connectivity index (χ4n) is 2.71. The molecule has 4 rings (SSSR count). The van der Waals surface area contributed by atoms with E-state index in [1.54, 1.807) is 38.4 Å². The van der Waals surface area contributed by atoms with Crippen LogP contribution in [0.4, 0.5) is 0 Å². The third kappa shape index (κ3) is 3.32. The van der Waals surface area contributed by atoms with Crippen LogP contribution >= 0.6 is 0 Å². The molecular formula is C19H17N5O2. The molecule has 0 N–H and O–H groups in total. The van der Waals surface area contributed by atoms with Crippen LogP contribution in [0, 0.1) is 0 Å². The van der Waals surface area contributed by atoms with E-state index in [1.165, 1.54) is 0 Å². The number of fused-ring (bicyclic) bond motifs is 1. The molecular weight excluding hydrogens is 330 g/mol. The van der Waals surface area contributed by atoms with Gasteiger partial charge in [0.1, 0.15) is 18.6 Å². The molecule has 7 nitrogen and oxygen atoms in total. The molecule has 0 amide bonds. The molecule has 0 atom stereocenters. The van der Waals surface area contributed by atoms with Gasteiger partial charge in [-0.25, -0.2) is 15.0 Å². The molecule has 2 aliphatic heterocycles. The molecule has 0 spiro atoms. The summed E-state index contributed by atoms with van der Waals surface area (Å²) in [6, 6.07) is 9.73. The van der Waals surface area contributed by atoms with E-state index in [0.717, 1.165) is 22.6 Å². The van der Waals surface area contributed by atoms with E-state index in [-0.39, 0.29) is 0 Å². The number of rotatable bonds is 6. The number of aromatic nitrogens is 5. The lowest BCUT2D eigenvalue weighted by Gasteiger charge is -2.14. The topological polar surface area (TPSA) is 75.0 Å². The molecule has 26 heavy (non-hydrogen) atoms. The van der Waals surface area contributed by atoms with Crippen LogP contribution in [0.3, 0.4) is 0 Å². The van der Waals surface area contributed by atoms with E-state index in [9.17, 15) is 0 Å². The molecule has 0 unspecified atom stereocenters. The van der Waals surface area contributed by atoms with Crippen LogP contribution < -0.4 is 9.47 Å². The maximum absolute atomic E-state index is 5.96. The van der Waals surface area contributed by atoms with Gasteiger partial charge in [0.15, 0.2) is 17.3 Å². The Morgan fingerprint density at radius 3 is 2.69 bits per heavy atom. The molecule has 1 aromatic heterocycles. The zero-order chi connectivity index (χ0) is 17.8. The maximum Gasteiger partial charge on any atom is 0.163 e. The fourth-order valence-corrected chi connectivity index (χ4v) is 2.71. The standard InChI is InChI=1S/C19H17N5O2/c1-25-17-3-2-15(8-18(17)26-11-14-4-6-20-7-5-14)10-24-13-21-9-16-19(24)23-12-22-16/h2-9,12-13H,10-11H2,1H3. The summed E-state index contributed by atoms with van der Waals surface area (Å²) in [5, 5.41) is 0. The van der Waals surface area contributed by atoms with Crippen LogP contribution in [0.5, 0.6) is 11.5 Å². The lowest BCUT2D eigenvalue weighted by atomic mass is 10.2. The van der Waals surface area contributed by atoms with Crippen molar-refractivity contribution < 1.29 is 9.47 Å². The van der Waals surface area contributed by atoms with E-state index < -0.39 is 0 Å². The molecule has 0 radical (unpaired) electrons. The monoisotopic (exact) mass is 347 g/mol. The average Bonchev–Trinajstić information content (AvgIpc) is 3.17. The van der Waals surface area contributed by atoms with Gasteiger partial charge in [-0.2, -0.15) is 0 Å². The molecule has 1 aromatic carbocycles. The molecule has 130 valence electrons. The van der Waals surface area contributed by atoms with Gasteiger partial charge in [0, 0.05) is 12.4 Å². The van der Waals surface area contributed by atoms with Crippen molar-refractivity contribution >= 4 is 0 Å². The van der Waals surface area contributed by atoms with Gasteiger partial charge in [-0.15, -0.1) is 0 Å². The first kappa shape index (κ1) is 16.0. The Bertz CT molecular complexity index is 971. The van der Waals surface area contributed by atoms with Crippen molar-refractivity contribution in [1.82, 2.24) is 24.5 Å². The van der Waals surface area contributed by atoms with Crippen molar-refractivity contribution in [2.75, 3.05) is 7.11 Å². The second-order valence-corrected chi connectivity index (χ2v) is 5.73. The fraction of sp³-hybridized carbons (Fsp3) is 0.158. The van der Waals surface area contributed by atoms with Crippen molar-refractivity contribution in [1.29, 1.82) is 0 Å². The normalized spacial score (nSPS) is 10.8. The van der Waals surface area contributed by atoms with Gasteiger partial charge in [0.25, 0.3) is 0 Å². The Morgan fingerprint density at radius 2 is 1.85 bits per heavy atom. The highest BCUT2D eigenvalue weighted by molar-refractivity contribution is 5.49. The van der Waals surface area contributed by atoms with Crippen LogP contribution in [0.1, 0.15) is 11.1 Å². The second kappa shape index (κ2) is 7.18. The number of nitrogens with zero attached hydrogens (tertiary/aromatic N) is 5. The van der Waals surface area contributed by atoms with Crippen molar-refractivity contribution in [3.8, 4) is 23.0 Å². The van der Waals surface area contributed by atoms with Crippen LogP contribution in [-0.2, 0) is 13.2 Å². The minimum absolute atomic E-state index is 0.445. The number of imidazole rings is 1. The van der Waals surface area contributed by atoms with Gasteiger partial charge in [-0.1, -0.05) is 6.07 Å². The summed E-state index contributed by atoms with van der Waals surface area (Å²) in [4.78, 5) is 16.7. The minimum Gasteiger partial charge on any atom is -0.493 e. The Kier molecular flexibility index (Phi) is 4.42. The summed E-state index contributed by atoms with van der Waals surface area (Å²) in [6.07, 6.45) is 8.49. The van der Waals surface area contributed by atoms with E-state index in [0.29, 0.717) is 24.7 Å². The first-order chi connectivity index (χ1) is 12.8. The van der Waals surface area contributed by atoms with Crippen molar-refractivity contribution in [2.45, 2.75) is 13.2 Å². The SMILES string of the molecule is COc1ccc(Cn2cncc3ncnc2-3)cc1OCc1ccncc1. The smallest absolute Gasteiger partial charge is 0.163 e. The Labute approximate surface area is 150 Å². The maximum atomic E-state index is 5.96. The average molecular weight is 347 g/mol. The van der Waals surface area contributed by atoms with Crippen molar-refractivity contribution in [3.05, 3.63) is 72.7 Å². The number of methoxy groups -OCH3 is 1. The summed E-state index contributed by atoms with van der Waals surface area (Å²) in [5.74, 6) is 2.18. The highest BCUT2D eigenvalue weighted by Gasteiger charge is 2.12. The first-order valence-electron chi connectivity index (χ1n) is 8.13. The molecule has 0 aliphatic carbocycles. The number of hydrogen-bond donors (Lipinski definition) is 0. The van der Waals surface area contributed by atoms with E-state index in [2.05, 4.69) is 19.9 Å². The molecule has 7 heteroatoms. The largest absolute Gasteiger partial charge is 0.493 e. The van der Waals surface area contributed by atoms with Gasteiger partial charge in [-0.05, 0) is 35.4 Å². The lowest BCUT2D eigenvalue weighted by molar-refractivity contribution is 0.284. The van der Waals surface area contributed by atoms with Crippen LogP contribution in [0.25, 0.3) is 11.5 Å². The Morgan fingerprint density at radius 1 is 0.962 bits per heavy atom. The van der Waals surface area contributed by atoms with Crippen LogP contribution in [0.2, 0.25) is 0 Å². The molecule has 3 heterocycles. The second-order valence-electron chi connectivity index (χ2n) is 5.73. The van der Waals surface area contributed by atoms with Gasteiger partial charge in [0.2, 0.25) is 0 Å². The quantitative estimate of drug-likeness (QED) is 0.534. The molecule has 0 fully saturated rings. The summed E-state index contributed by atoms with van der Waals surface area (Å²) in [6.45, 7) is 1.06. The summed E-state index contributed by atoms with van der Waals surface area (Å²) < 4.78 is 13.3. The lowest BCUT2D eigenvalue weighted by Crippen LogP contribution is -2.06. The highest BCUT2D eigenvalue weighted by atomic mass is 16.5.